The molecule has 1 aliphatic heterocycles. The highest BCUT2D eigenvalue weighted by Gasteiger charge is 2.45. The minimum atomic E-state index is -4.55. The van der Waals surface area contributed by atoms with Crippen LogP contribution in [0, 0.1) is 11.3 Å². The van der Waals surface area contributed by atoms with Crippen LogP contribution in [-0.4, -0.2) is 34.1 Å². The molecule has 2 atom stereocenters. The number of anilines is 2. The van der Waals surface area contributed by atoms with Crippen molar-refractivity contribution in [2.45, 2.75) is 54.7 Å². The Bertz CT molecular complexity index is 914. The maximum Gasteiger partial charge on any atom is 0.434 e. The van der Waals surface area contributed by atoms with Gasteiger partial charge in [0.25, 0.3) is 0 Å². The molecule has 0 aromatic carbocycles. The third kappa shape index (κ3) is 4.07. The van der Waals surface area contributed by atoms with Gasteiger partial charge in [0.1, 0.15) is 10.8 Å². The average molecular weight is 439 g/mol. The van der Waals surface area contributed by atoms with E-state index in [0.29, 0.717) is 11.7 Å². The highest BCUT2D eigenvalue weighted by molar-refractivity contribution is 7.99. The van der Waals surface area contributed by atoms with E-state index in [1.807, 2.05) is 0 Å². The fourth-order valence-electron chi connectivity index (χ4n) is 4.77. The predicted molar refractivity (Wildman–Crippen MR) is 110 cm³/mol. The Morgan fingerprint density at radius 3 is 2.57 bits per heavy atom. The molecule has 2 aromatic rings. The highest BCUT2D eigenvalue weighted by atomic mass is 32.2. The fourth-order valence-corrected chi connectivity index (χ4v) is 5.65. The molecule has 1 saturated heterocycles. The lowest BCUT2D eigenvalue weighted by Gasteiger charge is -2.42. The van der Waals surface area contributed by atoms with E-state index in [2.05, 4.69) is 26.8 Å². The number of rotatable bonds is 3. The predicted octanol–water partition coefficient (Wildman–Crippen LogP) is 3.97. The maximum atomic E-state index is 13.2. The molecule has 1 aliphatic carbocycles. The van der Waals surface area contributed by atoms with Crippen molar-refractivity contribution in [3.63, 3.8) is 0 Å². The lowest BCUT2D eigenvalue weighted by Crippen LogP contribution is -2.47. The Morgan fingerprint density at radius 2 is 1.97 bits per heavy atom. The topological polar surface area (TPSA) is 94.0 Å². The SMILES string of the molecule is C[C@@H]1C[C@@H](N)C2(CCN(c3cnc(Sc4cccnc4C(F)(F)F)c(N)n3)CC2)C1. The molecule has 1 spiro atoms. The summed E-state index contributed by atoms with van der Waals surface area (Å²) in [7, 11) is 0. The van der Waals surface area contributed by atoms with Gasteiger partial charge in [0.2, 0.25) is 0 Å². The van der Waals surface area contributed by atoms with Crippen molar-refractivity contribution in [2.24, 2.45) is 17.1 Å². The maximum absolute atomic E-state index is 13.2. The summed E-state index contributed by atoms with van der Waals surface area (Å²) in [6.45, 7) is 3.90. The summed E-state index contributed by atoms with van der Waals surface area (Å²) in [5.41, 5.74) is 11.7. The van der Waals surface area contributed by atoms with Crippen molar-refractivity contribution in [1.29, 1.82) is 0 Å². The molecule has 0 unspecified atom stereocenters. The Morgan fingerprint density at radius 1 is 1.23 bits per heavy atom. The molecule has 1 saturated carbocycles. The van der Waals surface area contributed by atoms with Crippen molar-refractivity contribution in [3.05, 3.63) is 30.2 Å². The number of hydrogen-bond acceptors (Lipinski definition) is 7. The van der Waals surface area contributed by atoms with Crippen LogP contribution in [0.1, 0.15) is 38.3 Å². The number of piperidine rings is 1. The second kappa shape index (κ2) is 7.88. The Kier molecular flexibility index (Phi) is 5.56. The van der Waals surface area contributed by atoms with E-state index < -0.39 is 11.9 Å². The molecule has 0 radical (unpaired) electrons. The Labute approximate surface area is 177 Å². The molecule has 2 aromatic heterocycles. The van der Waals surface area contributed by atoms with Crippen LogP contribution in [-0.2, 0) is 6.18 Å². The zero-order valence-corrected chi connectivity index (χ0v) is 17.5. The molecular weight excluding hydrogens is 413 g/mol. The Balaban J connectivity index is 1.48. The number of halogens is 3. The van der Waals surface area contributed by atoms with Gasteiger partial charge in [-0.3, -0.25) is 4.98 Å². The number of nitrogens with two attached hydrogens (primary N) is 2. The van der Waals surface area contributed by atoms with Crippen LogP contribution in [0.25, 0.3) is 0 Å². The molecule has 0 amide bonds. The molecule has 4 rings (SSSR count). The van der Waals surface area contributed by atoms with Crippen LogP contribution in [0.4, 0.5) is 24.8 Å². The van der Waals surface area contributed by atoms with E-state index in [0.717, 1.165) is 56.7 Å². The summed E-state index contributed by atoms with van der Waals surface area (Å²) in [6, 6.07) is 3.05. The minimum absolute atomic E-state index is 0.0528. The van der Waals surface area contributed by atoms with Gasteiger partial charge in [0.15, 0.2) is 11.5 Å². The number of pyridine rings is 1. The zero-order valence-electron chi connectivity index (χ0n) is 16.7. The van der Waals surface area contributed by atoms with Gasteiger partial charge in [0, 0.05) is 30.2 Å². The van der Waals surface area contributed by atoms with Gasteiger partial charge in [-0.05, 0) is 49.1 Å². The summed E-state index contributed by atoms with van der Waals surface area (Å²) in [4.78, 5) is 14.3. The van der Waals surface area contributed by atoms with Crippen LogP contribution in [0.3, 0.4) is 0 Å². The lowest BCUT2D eigenvalue weighted by molar-refractivity contribution is -0.143. The largest absolute Gasteiger partial charge is 0.434 e. The van der Waals surface area contributed by atoms with Gasteiger partial charge in [0.05, 0.1) is 6.20 Å². The Hall–Kier alpha value is -2.07. The van der Waals surface area contributed by atoms with Gasteiger partial charge in [-0.15, -0.1) is 0 Å². The van der Waals surface area contributed by atoms with Crippen LogP contribution >= 0.6 is 11.8 Å². The van der Waals surface area contributed by atoms with Gasteiger partial charge in [-0.2, -0.15) is 13.2 Å². The van der Waals surface area contributed by atoms with Crippen molar-refractivity contribution < 1.29 is 13.2 Å². The van der Waals surface area contributed by atoms with E-state index in [1.54, 1.807) is 6.20 Å². The zero-order chi connectivity index (χ0) is 21.5. The smallest absolute Gasteiger partial charge is 0.381 e. The highest BCUT2D eigenvalue weighted by Crippen LogP contribution is 2.48. The molecular formula is C20H25F3N6S. The summed E-state index contributed by atoms with van der Waals surface area (Å²) >= 11 is 0.823. The van der Waals surface area contributed by atoms with E-state index in [-0.39, 0.29) is 27.2 Å². The number of hydrogen-bond donors (Lipinski definition) is 2. The molecule has 30 heavy (non-hydrogen) atoms. The van der Waals surface area contributed by atoms with Gasteiger partial charge in [-0.1, -0.05) is 18.7 Å². The molecule has 6 nitrogen and oxygen atoms in total. The van der Waals surface area contributed by atoms with Crippen LogP contribution in [0.15, 0.2) is 34.4 Å². The first-order chi connectivity index (χ1) is 14.2. The van der Waals surface area contributed by atoms with Gasteiger partial charge < -0.3 is 16.4 Å². The summed E-state index contributed by atoms with van der Waals surface area (Å²) in [5.74, 6) is 1.42. The van der Waals surface area contributed by atoms with Crippen molar-refractivity contribution in [3.8, 4) is 0 Å². The molecule has 2 aliphatic rings. The molecule has 3 heterocycles. The van der Waals surface area contributed by atoms with E-state index in [4.69, 9.17) is 11.5 Å². The van der Waals surface area contributed by atoms with Crippen LogP contribution in [0.5, 0.6) is 0 Å². The van der Waals surface area contributed by atoms with Crippen molar-refractivity contribution in [1.82, 2.24) is 15.0 Å². The lowest BCUT2D eigenvalue weighted by atomic mass is 9.74. The summed E-state index contributed by atoms with van der Waals surface area (Å²) in [5, 5.41) is 0.234. The number of aromatic nitrogens is 3. The number of nitrogens with zero attached hydrogens (tertiary/aromatic N) is 4. The number of alkyl halides is 3. The fraction of sp³-hybridized carbons (Fsp3) is 0.550. The molecule has 10 heteroatoms. The van der Waals surface area contributed by atoms with Gasteiger partial charge >= 0.3 is 6.18 Å². The second-order valence-electron chi connectivity index (χ2n) is 8.37. The van der Waals surface area contributed by atoms with E-state index in [9.17, 15) is 13.2 Å². The third-order valence-corrected chi connectivity index (χ3v) is 7.34. The minimum Gasteiger partial charge on any atom is -0.381 e. The van der Waals surface area contributed by atoms with E-state index >= 15 is 0 Å². The van der Waals surface area contributed by atoms with Gasteiger partial charge in [-0.25, -0.2) is 9.97 Å². The first kappa shape index (κ1) is 21.2. The van der Waals surface area contributed by atoms with Crippen LogP contribution in [0.2, 0.25) is 0 Å². The normalized spacial score (nSPS) is 23.8. The second-order valence-corrected chi connectivity index (χ2v) is 9.40. The first-order valence-corrected chi connectivity index (χ1v) is 10.8. The molecule has 2 fully saturated rings. The number of nitrogen functional groups attached to an aromatic ring is 1. The standard InChI is InChI=1S/C20H25F3N6S/c1-12-9-14(24)19(10-12)4-7-29(8-5-19)15-11-27-18(17(25)28-15)30-13-3-2-6-26-16(13)20(21,22)23/h2-3,6,11-12,14H,4-5,7-10,24H2,1H3,(H2,25,28)/t12-,14-/m1/s1. The molecule has 0 bridgehead atoms. The molecule has 162 valence electrons. The van der Waals surface area contributed by atoms with Crippen molar-refractivity contribution >= 4 is 23.4 Å². The summed E-state index contributed by atoms with van der Waals surface area (Å²) < 4.78 is 39.5. The first-order valence-electron chi connectivity index (χ1n) is 10.0. The third-order valence-electron chi connectivity index (χ3n) is 6.28. The summed E-state index contributed by atoms with van der Waals surface area (Å²) in [6.07, 6.45) is 2.39. The monoisotopic (exact) mass is 438 g/mol. The average Bonchev–Trinajstić information content (AvgIpc) is 2.96. The van der Waals surface area contributed by atoms with E-state index in [1.165, 1.54) is 12.1 Å². The quantitative estimate of drug-likeness (QED) is 0.749. The van der Waals surface area contributed by atoms with Crippen molar-refractivity contribution in [2.75, 3.05) is 23.7 Å². The van der Waals surface area contributed by atoms with Crippen LogP contribution < -0.4 is 16.4 Å². The molecule has 4 N–H and O–H groups in total.